The molecule has 1 fully saturated rings. The van der Waals surface area contributed by atoms with Gasteiger partial charge in [-0.05, 0) is 24.6 Å². The highest BCUT2D eigenvalue weighted by Crippen LogP contribution is 2.43. The quantitative estimate of drug-likeness (QED) is 0.266. The topological polar surface area (TPSA) is 79.7 Å². The highest BCUT2D eigenvalue weighted by molar-refractivity contribution is 7.14. The minimum Gasteiger partial charge on any atom is -0.507 e. The Morgan fingerprint density at radius 1 is 1.26 bits per heavy atom. The van der Waals surface area contributed by atoms with Crippen molar-refractivity contribution in [1.29, 1.82) is 0 Å². The van der Waals surface area contributed by atoms with Gasteiger partial charge in [0, 0.05) is 17.1 Å². The molecule has 1 aliphatic heterocycles. The average molecular weight is 433 g/mol. The van der Waals surface area contributed by atoms with Crippen molar-refractivity contribution >= 4 is 33.9 Å². The van der Waals surface area contributed by atoms with E-state index in [1.165, 1.54) is 16.2 Å². The molecule has 0 radical (unpaired) electrons. The fraction of sp³-hybridized carbons (Fsp3) is 0.125. The monoisotopic (exact) mass is 432 g/mol. The van der Waals surface area contributed by atoms with Gasteiger partial charge in [0.15, 0.2) is 5.13 Å². The van der Waals surface area contributed by atoms with E-state index in [0.29, 0.717) is 28.6 Å². The molecule has 0 aliphatic carbocycles. The molecule has 3 aromatic rings. The largest absolute Gasteiger partial charge is 0.507 e. The number of amides is 1. The Kier molecular flexibility index (Phi) is 5.68. The van der Waals surface area contributed by atoms with Crippen LogP contribution in [-0.2, 0) is 9.59 Å². The lowest BCUT2D eigenvalue weighted by Crippen LogP contribution is -2.29. The van der Waals surface area contributed by atoms with Crippen molar-refractivity contribution in [2.45, 2.75) is 13.0 Å². The highest BCUT2D eigenvalue weighted by Gasteiger charge is 2.48. The lowest BCUT2D eigenvalue weighted by molar-refractivity contribution is -0.132. The van der Waals surface area contributed by atoms with Crippen LogP contribution in [0.2, 0.25) is 0 Å². The summed E-state index contributed by atoms with van der Waals surface area (Å²) in [5.41, 5.74) is 2.13. The molecule has 2 aromatic carbocycles. The van der Waals surface area contributed by atoms with Crippen LogP contribution in [-0.4, -0.2) is 28.4 Å². The average Bonchev–Trinajstić information content (AvgIpc) is 3.39. The first-order chi connectivity index (χ1) is 15.0. The maximum absolute atomic E-state index is 13.1. The van der Waals surface area contributed by atoms with Crippen LogP contribution in [0.25, 0.3) is 5.76 Å². The Labute approximate surface area is 183 Å². The van der Waals surface area contributed by atoms with Crippen LogP contribution in [0.4, 0.5) is 5.13 Å². The van der Waals surface area contributed by atoms with Crippen LogP contribution in [0, 0.1) is 6.92 Å². The first-order valence-corrected chi connectivity index (χ1v) is 10.5. The van der Waals surface area contributed by atoms with E-state index in [1.807, 2.05) is 19.1 Å². The summed E-state index contributed by atoms with van der Waals surface area (Å²) in [5.74, 6) is -1.14. The molecule has 1 atom stereocenters. The Morgan fingerprint density at radius 2 is 2.03 bits per heavy atom. The van der Waals surface area contributed by atoms with E-state index in [4.69, 9.17) is 4.74 Å². The number of benzene rings is 2. The van der Waals surface area contributed by atoms with Crippen LogP contribution in [0.15, 0.2) is 78.3 Å². The summed E-state index contributed by atoms with van der Waals surface area (Å²) in [5, 5.41) is 13.2. The van der Waals surface area contributed by atoms with Crippen molar-refractivity contribution < 1.29 is 19.4 Å². The van der Waals surface area contributed by atoms with E-state index in [0.717, 1.165) is 5.56 Å². The van der Waals surface area contributed by atoms with Crippen molar-refractivity contribution in [2.75, 3.05) is 11.5 Å². The second-order valence-corrected chi connectivity index (χ2v) is 7.89. The molecule has 1 saturated heterocycles. The van der Waals surface area contributed by atoms with Crippen LogP contribution in [0.5, 0.6) is 5.75 Å². The number of hydrogen-bond donors (Lipinski definition) is 1. The molecular weight excluding hydrogens is 412 g/mol. The zero-order valence-electron chi connectivity index (χ0n) is 16.8. The van der Waals surface area contributed by atoms with Gasteiger partial charge in [0.2, 0.25) is 0 Å². The molecule has 1 unspecified atom stereocenters. The molecule has 1 N–H and O–H groups in total. The van der Waals surface area contributed by atoms with E-state index in [2.05, 4.69) is 11.6 Å². The number of aryl methyl sites for hydroxylation is 1. The number of hydrogen-bond acceptors (Lipinski definition) is 6. The first kappa shape index (κ1) is 20.6. The minimum absolute atomic E-state index is 0.0184. The number of rotatable bonds is 6. The number of thiazole rings is 1. The number of Topliss-reactive ketones (excluding diaryl/α,β-unsaturated/α-hetero) is 1. The maximum Gasteiger partial charge on any atom is 0.301 e. The van der Waals surface area contributed by atoms with Gasteiger partial charge < -0.3 is 9.84 Å². The van der Waals surface area contributed by atoms with Crippen molar-refractivity contribution in [3.05, 3.63) is 95.0 Å². The third-order valence-electron chi connectivity index (χ3n) is 4.94. The molecule has 31 heavy (non-hydrogen) atoms. The molecule has 6 nitrogen and oxygen atoms in total. The number of ketones is 1. The Morgan fingerprint density at radius 3 is 2.71 bits per heavy atom. The predicted molar refractivity (Wildman–Crippen MR) is 120 cm³/mol. The molecule has 0 spiro atoms. The minimum atomic E-state index is -0.834. The standard InChI is InChI=1S/C24H20N2O4S/c1-3-12-30-18-6-4-5-17(14-18)20-19(21(27)16-9-7-15(2)8-10-16)22(28)23(29)26(20)24-25-11-13-31-24/h3-11,13-14,20,27H,1,12H2,2H3. The van der Waals surface area contributed by atoms with Gasteiger partial charge >= 0.3 is 5.91 Å². The van der Waals surface area contributed by atoms with Gasteiger partial charge in [-0.3, -0.25) is 14.5 Å². The number of carbonyl (C=O) groups excluding carboxylic acids is 2. The third-order valence-corrected chi connectivity index (χ3v) is 5.71. The zero-order chi connectivity index (χ0) is 22.0. The van der Waals surface area contributed by atoms with Crippen molar-refractivity contribution in [1.82, 2.24) is 4.98 Å². The molecule has 2 heterocycles. The fourth-order valence-corrected chi connectivity index (χ4v) is 4.14. The van der Waals surface area contributed by atoms with Crippen molar-refractivity contribution in [3.63, 3.8) is 0 Å². The summed E-state index contributed by atoms with van der Waals surface area (Å²) in [6.07, 6.45) is 3.20. The van der Waals surface area contributed by atoms with E-state index in [9.17, 15) is 14.7 Å². The molecule has 0 bridgehead atoms. The first-order valence-electron chi connectivity index (χ1n) is 9.62. The molecule has 7 heteroatoms. The summed E-state index contributed by atoms with van der Waals surface area (Å²) in [4.78, 5) is 31.6. The fourth-order valence-electron chi connectivity index (χ4n) is 3.48. The zero-order valence-corrected chi connectivity index (χ0v) is 17.6. The summed E-state index contributed by atoms with van der Waals surface area (Å²) >= 11 is 1.25. The number of aromatic nitrogens is 1. The molecule has 156 valence electrons. The number of aliphatic hydroxyl groups is 1. The Balaban J connectivity index is 1.89. The number of ether oxygens (including phenoxy) is 1. The van der Waals surface area contributed by atoms with Crippen LogP contribution in [0.3, 0.4) is 0 Å². The normalized spacial score (nSPS) is 17.7. The van der Waals surface area contributed by atoms with Gasteiger partial charge in [-0.1, -0.05) is 54.6 Å². The highest BCUT2D eigenvalue weighted by atomic mass is 32.1. The Hall–Kier alpha value is -3.71. The molecule has 1 aliphatic rings. The Bertz CT molecular complexity index is 1170. The van der Waals surface area contributed by atoms with Gasteiger partial charge in [-0.2, -0.15) is 0 Å². The van der Waals surface area contributed by atoms with Gasteiger partial charge in [0.25, 0.3) is 5.78 Å². The van der Waals surface area contributed by atoms with E-state index < -0.39 is 17.7 Å². The number of anilines is 1. The molecular formula is C24H20N2O4S. The predicted octanol–water partition coefficient (Wildman–Crippen LogP) is 4.64. The summed E-state index contributed by atoms with van der Waals surface area (Å²) in [6.45, 7) is 5.90. The summed E-state index contributed by atoms with van der Waals surface area (Å²) < 4.78 is 5.63. The van der Waals surface area contributed by atoms with Gasteiger partial charge in [0.1, 0.15) is 18.1 Å². The van der Waals surface area contributed by atoms with Crippen LogP contribution < -0.4 is 9.64 Å². The van der Waals surface area contributed by atoms with E-state index in [-0.39, 0.29) is 11.3 Å². The second kappa shape index (κ2) is 8.57. The molecule has 1 aromatic heterocycles. The van der Waals surface area contributed by atoms with Crippen molar-refractivity contribution in [3.8, 4) is 5.75 Å². The molecule has 0 saturated carbocycles. The summed E-state index contributed by atoms with van der Waals surface area (Å²) in [6, 6.07) is 13.4. The lowest BCUT2D eigenvalue weighted by atomic mass is 9.95. The van der Waals surface area contributed by atoms with E-state index >= 15 is 0 Å². The molecule has 1 amide bonds. The van der Waals surface area contributed by atoms with Gasteiger partial charge in [-0.15, -0.1) is 11.3 Å². The number of aliphatic hydroxyl groups excluding tert-OH is 1. The van der Waals surface area contributed by atoms with Crippen molar-refractivity contribution in [2.24, 2.45) is 0 Å². The van der Waals surface area contributed by atoms with Crippen LogP contribution >= 0.6 is 11.3 Å². The van der Waals surface area contributed by atoms with Gasteiger partial charge in [-0.25, -0.2) is 4.98 Å². The lowest BCUT2D eigenvalue weighted by Gasteiger charge is -2.23. The van der Waals surface area contributed by atoms with Gasteiger partial charge in [0.05, 0.1) is 11.6 Å². The SMILES string of the molecule is C=CCOc1cccc(C2C(=C(O)c3ccc(C)cc3)C(=O)C(=O)N2c2nccs2)c1. The second-order valence-electron chi connectivity index (χ2n) is 7.02. The van der Waals surface area contributed by atoms with E-state index in [1.54, 1.807) is 54.1 Å². The third kappa shape index (κ3) is 3.87. The maximum atomic E-state index is 13.1. The summed E-state index contributed by atoms with van der Waals surface area (Å²) in [7, 11) is 0. The number of carbonyl (C=O) groups is 2. The smallest absolute Gasteiger partial charge is 0.301 e. The molecule has 4 rings (SSSR count). The van der Waals surface area contributed by atoms with Crippen LogP contribution in [0.1, 0.15) is 22.7 Å². The number of nitrogens with zero attached hydrogens (tertiary/aromatic N) is 2.